The molecular formula is C12H21NO3. The molecule has 4 nitrogen and oxygen atoms in total. The molecule has 3 atom stereocenters. The Morgan fingerprint density at radius 1 is 1.38 bits per heavy atom. The molecule has 1 fully saturated rings. The molecule has 16 heavy (non-hydrogen) atoms. The quantitative estimate of drug-likeness (QED) is 0.735. The first-order valence-corrected chi connectivity index (χ1v) is 5.76. The van der Waals surface area contributed by atoms with Crippen molar-refractivity contribution in [3.63, 3.8) is 0 Å². The van der Waals surface area contributed by atoms with Crippen LogP contribution in [0.4, 0.5) is 4.79 Å². The highest BCUT2D eigenvalue weighted by molar-refractivity contribution is 5.69. The molecule has 3 unspecified atom stereocenters. The van der Waals surface area contributed by atoms with Crippen LogP contribution in [0.15, 0.2) is 0 Å². The van der Waals surface area contributed by atoms with Crippen LogP contribution in [0.2, 0.25) is 0 Å². The van der Waals surface area contributed by atoms with E-state index in [9.17, 15) is 9.59 Å². The monoisotopic (exact) mass is 227 g/mol. The van der Waals surface area contributed by atoms with Crippen molar-refractivity contribution in [1.29, 1.82) is 0 Å². The van der Waals surface area contributed by atoms with Crippen LogP contribution < -0.4 is 5.32 Å². The number of nitrogens with one attached hydrogen (secondary N) is 1. The van der Waals surface area contributed by atoms with Gasteiger partial charge in [-0.05, 0) is 39.5 Å². The molecule has 1 amide bonds. The molecule has 1 aliphatic carbocycles. The van der Waals surface area contributed by atoms with E-state index in [0.29, 0.717) is 5.92 Å². The van der Waals surface area contributed by atoms with Crippen molar-refractivity contribution < 1.29 is 14.3 Å². The van der Waals surface area contributed by atoms with Gasteiger partial charge in [-0.25, -0.2) is 4.79 Å². The van der Waals surface area contributed by atoms with Crippen LogP contribution in [0.25, 0.3) is 0 Å². The van der Waals surface area contributed by atoms with Gasteiger partial charge >= 0.3 is 6.09 Å². The molecular weight excluding hydrogens is 206 g/mol. The molecule has 0 aromatic heterocycles. The summed E-state index contributed by atoms with van der Waals surface area (Å²) in [5, 5.41) is 2.77. The molecule has 0 aromatic rings. The molecule has 0 radical (unpaired) electrons. The first kappa shape index (κ1) is 13.0. The first-order valence-electron chi connectivity index (χ1n) is 5.76. The summed E-state index contributed by atoms with van der Waals surface area (Å²) in [5.74, 6) is 0.414. The lowest BCUT2D eigenvalue weighted by Gasteiger charge is -2.23. The number of carbonyl (C=O) groups is 2. The number of carbonyl (C=O) groups excluding carboxylic acids is 2. The fourth-order valence-corrected chi connectivity index (χ4v) is 2.11. The Balaban J connectivity index is 2.47. The molecule has 0 heterocycles. The second-order valence-electron chi connectivity index (χ2n) is 5.63. The van der Waals surface area contributed by atoms with E-state index >= 15 is 0 Å². The third-order valence-electron chi connectivity index (χ3n) is 2.72. The first-order chi connectivity index (χ1) is 7.31. The van der Waals surface area contributed by atoms with E-state index in [4.69, 9.17) is 4.74 Å². The van der Waals surface area contributed by atoms with Crippen LogP contribution in [-0.2, 0) is 9.53 Å². The fraction of sp³-hybridized carbons (Fsp3) is 0.833. The third-order valence-corrected chi connectivity index (χ3v) is 2.72. The minimum Gasteiger partial charge on any atom is -0.444 e. The van der Waals surface area contributed by atoms with Crippen molar-refractivity contribution in [3.8, 4) is 0 Å². The number of alkyl carbamates (subject to hydrolysis) is 1. The van der Waals surface area contributed by atoms with Crippen molar-refractivity contribution >= 4 is 12.4 Å². The average molecular weight is 227 g/mol. The Hall–Kier alpha value is -1.06. The van der Waals surface area contributed by atoms with E-state index in [1.165, 1.54) is 0 Å². The highest BCUT2D eigenvalue weighted by atomic mass is 16.6. The van der Waals surface area contributed by atoms with Crippen LogP contribution in [0.5, 0.6) is 0 Å². The van der Waals surface area contributed by atoms with E-state index in [-0.39, 0.29) is 12.0 Å². The Morgan fingerprint density at radius 2 is 2.00 bits per heavy atom. The minimum absolute atomic E-state index is 0.0671. The summed E-state index contributed by atoms with van der Waals surface area (Å²) in [4.78, 5) is 22.4. The van der Waals surface area contributed by atoms with Gasteiger partial charge in [0.1, 0.15) is 11.9 Å². The second kappa shape index (κ2) is 4.85. The highest BCUT2D eigenvalue weighted by Gasteiger charge is 2.33. The van der Waals surface area contributed by atoms with Crippen molar-refractivity contribution in [2.24, 2.45) is 11.8 Å². The van der Waals surface area contributed by atoms with Crippen molar-refractivity contribution in [2.75, 3.05) is 0 Å². The largest absolute Gasteiger partial charge is 0.444 e. The minimum atomic E-state index is -0.495. The van der Waals surface area contributed by atoms with Gasteiger partial charge in [-0.1, -0.05) is 6.92 Å². The van der Waals surface area contributed by atoms with E-state index in [0.717, 1.165) is 19.1 Å². The molecule has 0 aliphatic heterocycles. The lowest BCUT2D eigenvalue weighted by molar-refractivity contribution is -0.111. The number of rotatable bonds is 2. The maximum Gasteiger partial charge on any atom is 0.407 e. The Morgan fingerprint density at radius 3 is 2.50 bits per heavy atom. The zero-order valence-corrected chi connectivity index (χ0v) is 10.4. The van der Waals surface area contributed by atoms with Crippen LogP contribution in [0, 0.1) is 11.8 Å². The second-order valence-corrected chi connectivity index (χ2v) is 5.63. The third kappa shape index (κ3) is 3.83. The predicted octanol–water partition coefficient (Wildman–Crippen LogP) is 2.12. The van der Waals surface area contributed by atoms with Gasteiger partial charge in [0.15, 0.2) is 0 Å². The van der Waals surface area contributed by atoms with Crippen molar-refractivity contribution in [2.45, 2.75) is 52.2 Å². The molecule has 0 spiro atoms. The molecule has 0 aromatic carbocycles. The standard InChI is InChI=1S/C12H21NO3/c1-8-5-9(7-14)10(6-8)13-11(15)16-12(2,3)4/h7-10H,5-6H2,1-4H3,(H,13,15). The summed E-state index contributed by atoms with van der Waals surface area (Å²) in [6.45, 7) is 7.55. The van der Waals surface area contributed by atoms with Gasteiger partial charge in [-0.15, -0.1) is 0 Å². The summed E-state index contributed by atoms with van der Waals surface area (Å²) < 4.78 is 5.16. The molecule has 1 rings (SSSR count). The van der Waals surface area contributed by atoms with Crippen molar-refractivity contribution in [3.05, 3.63) is 0 Å². The molecule has 0 bridgehead atoms. The summed E-state index contributed by atoms with van der Waals surface area (Å²) in [7, 11) is 0. The van der Waals surface area contributed by atoms with Crippen LogP contribution in [0.1, 0.15) is 40.5 Å². The number of amides is 1. The van der Waals surface area contributed by atoms with Gasteiger partial charge in [0.2, 0.25) is 0 Å². The number of hydrogen-bond donors (Lipinski definition) is 1. The topological polar surface area (TPSA) is 55.4 Å². The van der Waals surface area contributed by atoms with Crippen LogP contribution >= 0.6 is 0 Å². The molecule has 92 valence electrons. The summed E-state index contributed by atoms with van der Waals surface area (Å²) >= 11 is 0. The molecule has 4 heteroatoms. The molecule has 1 N–H and O–H groups in total. The molecule has 0 saturated heterocycles. The van der Waals surface area contributed by atoms with Gasteiger partial charge in [-0.2, -0.15) is 0 Å². The Bertz CT molecular complexity index is 270. The smallest absolute Gasteiger partial charge is 0.407 e. The SMILES string of the molecule is CC1CC(C=O)C(NC(=O)OC(C)(C)C)C1. The van der Waals surface area contributed by atoms with E-state index in [2.05, 4.69) is 12.2 Å². The van der Waals surface area contributed by atoms with Gasteiger partial charge in [-0.3, -0.25) is 0 Å². The normalized spacial score (nSPS) is 29.9. The lowest BCUT2D eigenvalue weighted by Crippen LogP contribution is -2.41. The number of hydrogen-bond acceptors (Lipinski definition) is 3. The summed E-state index contributed by atoms with van der Waals surface area (Å²) in [5.41, 5.74) is -0.495. The molecule has 1 saturated carbocycles. The zero-order valence-electron chi connectivity index (χ0n) is 10.4. The lowest BCUT2D eigenvalue weighted by atomic mass is 10.1. The van der Waals surface area contributed by atoms with Crippen LogP contribution in [-0.4, -0.2) is 24.0 Å². The van der Waals surface area contributed by atoms with E-state index < -0.39 is 11.7 Å². The highest BCUT2D eigenvalue weighted by Crippen LogP contribution is 2.29. The molecule has 1 aliphatic rings. The van der Waals surface area contributed by atoms with Gasteiger partial charge < -0.3 is 14.8 Å². The number of aldehydes is 1. The Kier molecular flexibility index (Phi) is 3.94. The summed E-state index contributed by atoms with van der Waals surface area (Å²) in [6.07, 6.45) is 2.21. The fourth-order valence-electron chi connectivity index (χ4n) is 2.11. The number of ether oxygens (including phenoxy) is 1. The van der Waals surface area contributed by atoms with Crippen LogP contribution in [0.3, 0.4) is 0 Å². The Labute approximate surface area is 96.7 Å². The van der Waals surface area contributed by atoms with Gasteiger partial charge in [0, 0.05) is 12.0 Å². The van der Waals surface area contributed by atoms with E-state index in [1.807, 2.05) is 20.8 Å². The zero-order chi connectivity index (χ0) is 12.3. The maximum absolute atomic E-state index is 11.5. The summed E-state index contributed by atoms with van der Waals surface area (Å²) in [6, 6.07) is -0.0673. The predicted molar refractivity (Wildman–Crippen MR) is 61.1 cm³/mol. The van der Waals surface area contributed by atoms with Gasteiger partial charge in [0.25, 0.3) is 0 Å². The van der Waals surface area contributed by atoms with E-state index in [1.54, 1.807) is 0 Å². The maximum atomic E-state index is 11.5. The van der Waals surface area contributed by atoms with Crippen molar-refractivity contribution in [1.82, 2.24) is 5.32 Å². The average Bonchev–Trinajstić information content (AvgIpc) is 2.42. The van der Waals surface area contributed by atoms with Gasteiger partial charge in [0.05, 0.1) is 0 Å².